The zero-order valence-corrected chi connectivity index (χ0v) is 9.18. The molecule has 0 heterocycles. The van der Waals surface area contributed by atoms with Crippen molar-refractivity contribution in [2.45, 2.75) is 19.3 Å². The van der Waals surface area contributed by atoms with Crippen molar-refractivity contribution >= 4 is 15.9 Å². The molecule has 68 valence electrons. The van der Waals surface area contributed by atoms with Crippen LogP contribution in [-0.2, 0) is 6.42 Å². The van der Waals surface area contributed by atoms with E-state index < -0.39 is 0 Å². The smallest absolute Gasteiger partial charge is 0.0645 e. The van der Waals surface area contributed by atoms with E-state index >= 15 is 0 Å². The molecule has 0 unspecified atom stereocenters. The lowest BCUT2D eigenvalue weighted by atomic mass is 10.1. The molecule has 0 radical (unpaired) electrons. The minimum Gasteiger partial charge on any atom is -0.102 e. The molecular weight excluding hydrogens is 224 g/mol. The summed E-state index contributed by atoms with van der Waals surface area (Å²) in [6.45, 7) is 0. The molecule has 0 fully saturated rings. The highest BCUT2D eigenvalue weighted by Crippen LogP contribution is 2.03. The van der Waals surface area contributed by atoms with Gasteiger partial charge in [-0.15, -0.1) is 5.92 Å². The van der Waals surface area contributed by atoms with E-state index in [0.717, 1.165) is 24.6 Å². The zero-order valence-electron chi connectivity index (χ0n) is 7.59. The van der Waals surface area contributed by atoms with Gasteiger partial charge in [0.1, 0.15) is 0 Å². The number of aryl methyl sites for hydroxylation is 1. The van der Waals surface area contributed by atoms with E-state index in [9.17, 15) is 0 Å². The Bertz CT molecular complexity index is 279. The van der Waals surface area contributed by atoms with Gasteiger partial charge in [-0.25, -0.2) is 0 Å². The van der Waals surface area contributed by atoms with Gasteiger partial charge in [-0.1, -0.05) is 52.2 Å². The number of halogens is 1. The first-order valence-corrected chi connectivity index (χ1v) is 5.61. The number of hydrogen-bond donors (Lipinski definition) is 0. The molecule has 0 atom stereocenters. The largest absolute Gasteiger partial charge is 0.102 e. The van der Waals surface area contributed by atoms with E-state index in [1.165, 1.54) is 5.56 Å². The first-order chi connectivity index (χ1) is 6.43. The van der Waals surface area contributed by atoms with E-state index in [1.54, 1.807) is 0 Å². The van der Waals surface area contributed by atoms with Gasteiger partial charge in [-0.05, 0) is 18.4 Å². The van der Waals surface area contributed by atoms with Crippen LogP contribution < -0.4 is 0 Å². The number of alkyl halides is 1. The molecule has 0 aliphatic heterocycles. The lowest BCUT2D eigenvalue weighted by Gasteiger charge is -1.96. The fourth-order valence-corrected chi connectivity index (χ4v) is 1.36. The van der Waals surface area contributed by atoms with Crippen molar-refractivity contribution in [2.75, 3.05) is 5.33 Å². The van der Waals surface area contributed by atoms with Gasteiger partial charge in [0.2, 0.25) is 0 Å². The van der Waals surface area contributed by atoms with Crippen LogP contribution in [0, 0.1) is 11.8 Å². The second-order valence-corrected chi connectivity index (χ2v) is 3.39. The standard InChI is InChI=1S/C12H13Br/c13-11-7-2-1-4-8-12-9-5-3-6-10-12/h3,5-6,9-10H,1,4,8,11H2. The minimum absolute atomic E-state index is 0.790. The van der Waals surface area contributed by atoms with Gasteiger partial charge in [0.25, 0.3) is 0 Å². The zero-order chi connectivity index (χ0) is 9.36. The van der Waals surface area contributed by atoms with Gasteiger partial charge in [-0.2, -0.15) is 0 Å². The third-order valence-electron chi connectivity index (χ3n) is 1.80. The second kappa shape index (κ2) is 6.74. The van der Waals surface area contributed by atoms with Crippen LogP contribution in [0.1, 0.15) is 18.4 Å². The molecule has 0 aromatic heterocycles. The van der Waals surface area contributed by atoms with Gasteiger partial charge < -0.3 is 0 Å². The van der Waals surface area contributed by atoms with E-state index in [4.69, 9.17) is 0 Å². The lowest BCUT2D eigenvalue weighted by molar-refractivity contribution is 0.858. The summed E-state index contributed by atoms with van der Waals surface area (Å²) in [6, 6.07) is 10.5. The molecule has 0 saturated carbocycles. The summed E-state index contributed by atoms with van der Waals surface area (Å²) in [5.74, 6) is 6.11. The number of rotatable bonds is 3. The molecule has 0 nitrogen and oxygen atoms in total. The van der Waals surface area contributed by atoms with Gasteiger partial charge in [0.15, 0.2) is 0 Å². The molecule has 0 aliphatic rings. The predicted octanol–water partition coefficient (Wildman–Crippen LogP) is 3.41. The topological polar surface area (TPSA) is 0 Å². The van der Waals surface area contributed by atoms with E-state index in [0.29, 0.717) is 0 Å². The summed E-state index contributed by atoms with van der Waals surface area (Å²) in [7, 11) is 0. The summed E-state index contributed by atoms with van der Waals surface area (Å²) in [5.41, 5.74) is 1.41. The van der Waals surface area contributed by atoms with Crippen LogP contribution in [0.5, 0.6) is 0 Å². The second-order valence-electron chi connectivity index (χ2n) is 2.83. The molecule has 13 heavy (non-hydrogen) atoms. The van der Waals surface area contributed by atoms with Crippen molar-refractivity contribution < 1.29 is 0 Å². The molecule has 0 N–H and O–H groups in total. The Balaban J connectivity index is 2.20. The molecule has 0 amide bonds. The summed E-state index contributed by atoms with van der Waals surface area (Å²) in [5, 5.41) is 0.790. The Morgan fingerprint density at radius 1 is 1.08 bits per heavy atom. The number of unbranched alkanes of at least 4 members (excludes halogenated alkanes) is 1. The summed E-state index contributed by atoms with van der Waals surface area (Å²) >= 11 is 3.27. The van der Waals surface area contributed by atoms with Crippen LogP contribution >= 0.6 is 15.9 Å². The molecule has 1 heteroatoms. The summed E-state index contributed by atoms with van der Waals surface area (Å²) in [6.07, 6.45) is 3.29. The van der Waals surface area contributed by atoms with Crippen molar-refractivity contribution in [2.24, 2.45) is 0 Å². The van der Waals surface area contributed by atoms with Crippen molar-refractivity contribution in [3.05, 3.63) is 35.9 Å². The third-order valence-corrected chi connectivity index (χ3v) is 2.08. The molecule has 0 spiro atoms. The third kappa shape index (κ3) is 4.75. The van der Waals surface area contributed by atoms with Crippen LogP contribution in [0.4, 0.5) is 0 Å². The quantitative estimate of drug-likeness (QED) is 0.429. The molecular formula is C12H13Br. The van der Waals surface area contributed by atoms with Crippen molar-refractivity contribution in [1.82, 2.24) is 0 Å². The van der Waals surface area contributed by atoms with Gasteiger partial charge in [-0.3, -0.25) is 0 Å². The summed E-state index contributed by atoms with van der Waals surface area (Å²) in [4.78, 5) is 0. The molecule has 1 aromatic rings. The molecule has 0 aliphatic carbocycles. The highest BCUT2D eigenvalue weighted by atomic mass is 79.9. The minimum atomic E-state index is 0.790. The molecule has 0 bridgehead atoms. The average Bonchev–Trinajstić information content (AvgIpc) is 2.19. The van der Waals surface area contributed by atoms with E-state index in [2.05, 4.69) is 52.0 Å². The molecule has 1 rings (SSSR count). The summed E-state index contributed by atoms with van der Waals surface area (Å²) < 4.78 is 0. The maximum atomic E-state index is 3.27. The maximum absolute atomic E-state index is 3.27. The highest BCUT2D eigenvalue weighted by Gasteiger charge is 1.88. The maximum Gasteiger partial charge on any atom is 0.0645 e. The highest BCUT2D eigenvalue weighted by molar-refractivity contribution is 9.09. The monoisotopic (exact) mass is 236 g/mol. The van der Waals surface area contributed by atoms with Crippen LogP contribution in [-0.4, -0.2) is 5.33 Å². The Morgan fingerprint density at radius 3 is 2.54 bits per heavy atom. The first-order valence-electron chi connectivity index (χ1n) is 4.49. The Kier molecular flexibility index (Phi) is 5.36. The Hall–Kier alpha value is -0.740. The number of benzene rings is 1. The molecule has 1 aromatic carbocycles. The van der Waals surface area contributed by atoms with Crippen molar-refractivity contribution in [1.29, 1.82) is 0 Å². The van der Waals surface area contributed by atoms with Crippen LogP contribution in [0.3, 0.4) is 0 Å². The Morgan fingerprint density at radius 2 is 1.85 bits per heavy atom. The predicted molar refractivity (Wildman–Crippen MR) is 61.0 cm³/mol. The Labute approximate surface area is 88.5 Å². The number of hydrogen-bond acceptors (Lipinski definition) is 0. The van der Waals surface area contributed by atoms with E-state index in [1.807, 2.05) is 6.07 Å². The van der Waals surface area contributed by atoms with E-state index in [-0.39, 0.29) is 0 Å². The lowest BCUT2D eigenvalue weighted by Crippen LogP contribution is -1.83. The molecule has 0 saturated heterocycles. The normalized spacial score (nSPS) is 9.00. The van der Waals surface area contributed by atoms with Crippen LogP contribution in [0.25, 0.3) is 0 Å². The van der Waals surface area contributed by atoms with Gasteiger partial charge in [0, 0.05) is 6.42 Å². The van der Waals surface area contributed by atoms with Crippen molar-refractivity contribution in [3.63, 3.8) is 0 Å². The fourth-order valence-electron chi connectivity index (χ4n) is 1.16. The SMILES string of the molecule is BrCC#CCCCc1ccccc1. The van der Waals surface area contributed by atoms with Crippen molar-refractivity contribution in [3.8, 4) is 11.8 Å². The van der Waals surface area contributed by atoms with Gasteiger partial charge in [0.05, 0.1) is 5.33 Å². The first kappa shape index (κ1) is 10.3. The average molecular weight is 237 g/mol. The van der Waals surface area contributed by atoms with Gasteiger partial charge >= 0.3 is 0 Å². The van der Waals surface area contributed by atoms with Crippen LogP contribution in [0.15, 0.2) is 30.3 Å². The van der Waals surface area contributed by atoms with Crippen LogP contribution in [0.2, 0.25) is 0 Å². The fraction of sp³-hybridized carbons (Fsp3) is 0.333.